The Labute approximate surface area is 181 Å². The van der Waals surface area contributed by atoms with Crippen LogP contribution in [0.4, 0.5) is 0 Å². The number of hydrogen-bond acceptors (Lipinski definition) is 10. The van der Waals surface area contributed by atoms with Gasteiger partial charge in [-0.15, -0.1) is 0 Å². The van der Waals surface area contributed by atoms with Crippen LogP contribution in [0, 0.1) is 0 Å². The van der Waals surface area contributed by atoms with Crippen LogP contribution in [-0.2, 0) is 47.5 Å². The molecule has 13 heteroatoms. The van der Waals surface area contributed by atoms with Crippen LogP contribution in [0.25, 0.3) is 0 Å². The Morgan fingerprint density at radius 1 is 0.966 bits per heavy atom. The topological polar surface area (TPSA) is 116 Å². The van der Waals surface area contributed by atoms with Crippen molar-refractivity contribution in [3.8, 4) is 0 Å². The minimum atomic E-state index is -1.74. The second kappa shape index (κ2) is 9.51. The molecule has 2 aliphatic rings. The van der Waals surface area contributed by atoms with Crippen molar-refractivity contribution in [1.29, 1.82) is 0 Å². The van der Waals surface area contributed by atoms with Gasteiger partial charge in [-0.05, 0) is 0 Å². The quantitative estimate of drug-likeness (QED) is 0.316. The van der Waals surface area contributed by atoms with Crippen LogP contribution in [0.5, 0.6) is 0 Å². The molecule has 0 aromatic carbocycles. The number of fused-ring (bicyclic) bond motifs is 1. The zero-order valence-corrected chi connectivity index (χ0v) is 18.3. The van der Waals surface area contributed by atoms with Crippen molar-refractivity contribution in [2.24, 2.45) is 0 Å². The van der Waals surface area contributed by atoms with Gasteiger partial charge in [0.1, 0.15) is 12.7 Å². The second-order valence-electron chi connectivity index (χ2n) is 6.46. The first-order valence-corrected chi connectivity index (χ1v) is 9.62. The highest BCUT2D eigenvalue weighted by atomic mass is 35.6. The van der Waals surface area contributed by atoms with Gasteiger partial charge in [-0.25, -0.2) is 0 Å². The molecule has 0 unspecified atom stereocenters. The molecule has 10 nitrogen and oxygen atoms in total. The van der Waals surface area contributed by atoms with Crippen molar-refractivity contribution in [1.82, 2.24) is 0 Å². The zero-order valence-electron chi connectivity index (χ0n) is 16.0. The molecule has 0 amide bonds. The zero-order chi connectivity index (χ0) is 22.0. The molecule has 0 bridgehead atoms. The van der Waals surface area contributed by atoms with E-state index in [2.05, 4.69) is 0 Å². The van der Waals surface area contributed by atoms with Crippen molar-refractivity contribution < 1.29 is 47.5 Å². The fourth-order valence-corrected chi connectivity index (χ4v) is 3.02. The predicted molar refractivity (Wildman–Crippen MR) is 97.0 cm³/mol. The Morgan fingerprint density at radius 3 is 2.07 bits per heavy atom. The Hall–Kier alpha value is -0.880. The number of carbonyl (C=O) groups excluding carboxylic acids is 3. The molecule has 6 atom stereocenters. The van der Waals surface area contributed by atoms with Crippen LogP contribution in [0.1, 0.15) is 27.7 Å². The van der Waals surface area contributed by atoms with Crippen molar-refractivity contribution in [2.45, 2.75) is 68.2 Å². The minimum absolute atomic E-state index is 0.288. The monoisotopic (exact) mass is 478 g/mol. The average Bonchev–Trinajstić information content (AvgIpc) is 2.89. The van der Waals surface area contributed by atoms with E-state index in [0.29, 0.717) is 0 Å². The average molecular weight is 480 g/mol. The maximum atomic E-state index is 11.7. The fraction of sp³-hybridized carbons (Fsp3) is 0.812. The number of ether oxygens (including phenoxy) is 7. The number of esters is 3. The number of rotatable bonds is 6. The van der Waals surface area contributed by atoms with Crippen molar-refractivity contribution >= 4 is 52.7 Å². The third-order valence-corrected chi connectivity index (χ3v) is 4.15. The maximum absolute atomic E-state index is 11.7. The van der Waals surface area contributed by atoms with E-state index >= 15 is 0 Å². The lowest BCUT2D eigenvalue weighted by atomic mass is 9.98. The van der Waals surface area contributed by atoms with Gasteiger partial charge in [0, 0.05) is 27.7 Å². The smallest absolute Gasteiger partial charge is 0.303 e. The largest absolute Gasteiger partial charge is 0.463 e. The van der Waals surface area contributed by atoms with Crippen LogP contribution in [0.2, 0.25) is 0 Å². The number of halogens is 3. The summed E-state index contributed by atoms with van der Waals surface area (Å²) in [6, 6.07) is 0. The summed E-state index contributed by atoms with van der Waals surface area (Å²) >= 11 is 17.1. The molecule has 0 aromatic rings. The maximum Gasteiger partial charge on any atom is 0.303 e. The van der Waals surface area contributed by atoms with Crippen LogP contribution >= 0.6 is 34.8 Å². The van der Waals surface area contributed by atoms with Gasteiger partial charge in [0.25, 0.3) is 5.97 Å². The lowest BCUT2D eigenvalue weighted by molar-refractivity contribution is -0.343. The van der Waals surface area contributed by atoms with E-state index in [0.717, 1.165) is 0 Å². The lowest BCUT2D eigenvalue weighted by Gasteiger charge is -2.40. The number of carbonyl (C=O) groups is 3. The van der Waals surface area contributed by atoms with Crippen LogP contribution in [0.3, 0.4) is 0 Å². The highest BCUT2D eigenvalue weighted by molar-refractivity contribution is 6.67. The highest BCUT2D eigenvalue weighted by Crippen LogP contribution is 2.40. The molecule has 0 N–H and O–H groups in total. The van der Waals surface area contributed by atoms with E-state index in [1.54, 1.807) is 0 Å². The standard InChI is InChI=1S/C16H21Cl3O10/c1-7(20)23-5-10-11(25-8(2)21)12(26-9(3)22)13-14(27-10)29-15(4,28-13)24-6-16(17,18)19/h10-14H,5-6H2,1-4H3/t10-,11-,12+,13-,14-,15+/m1/s1. The van der Waals surface area contributed by atoms with Crippen molar-refractivity contribution in [2.75, 3.05) is 13.2 Å². The molecule has 29 heavy (non-hydrogen) atoms. The molecule has 2 aliphatic heterocycles. The fourth-order valence-electron chi connectivity index (χ4n) is 2.86. The summed E-state index contributed by atoms with van der Waals surface area (Å²) in [6.45, 7) is 4.27. The van der Waals surface area contributed by atoms with E-state index in [1.807, 2.05) is 0 Å². The third kappa shape index (κ3) is 7.09. The molecular weight excluding hydrogens is 459 g/mol. The Bertz CT molecular complexity index is 639. The van der Waals surface area contributed by atoms with E-state index in [9.17, 15) is 14.4 Å². The molecule has 0 radical (unpaired) electrons. The van der Waals surface area contributed by atoms with Crippen LogP contribution in [0.15, 0.2) is 0 Å². The Balaban J connectivity index is 2.26. The minimum Gasteiger partial charge on any atom is -0.463 e. The molecule has 0 aliphatic carbocycles. The Kier molecular flexibility index (Phi) is 7.99. The molecule has 2 rings (SSSR count). The molecule has 2 heterocycles. The van der Waals surface area contributed by atoms with Gasteiger partial charge in [-0.3, -0.25) is 19.1 Å². The van der Waals surface area contributed by atoms with Gasteiger partial charge in [0.2, 0.25) is 3.79 Å². The van der Waals surface area contributed by atoms with E-state index in [1.165, 1.54) is 27.7 Å². The SMILES string of the molecule is CC(=O)OC[C@H]1O[C@@H]2O[C@@](C)(OCC(Cl)(Cl)Cl)O[C@@H]2[C@@H](OC(C)=O)[C@@H]1OC(C)=O. The summed E-state index contributed by atoms with van der Waals surface area (Å²) in [6.07, 6.45) is -5.46. The van der Waals surface area contributed by atoms with Gasteiger partial charge in [-0.2, -0.15) is 0 Å². The van der Waals surface area contributed by atoms with Gasteiger partial charge in [0.15, 0.2) is 24.6 Å². The molecule has 166 valence electrons. The molecular formula is C16H21Cl3O10. The summed E-state index contributed by atoms with van der Waals surface area (Å²) in [5.74, 6) is -3.63. The molecule has 0 spiro atoms. The van der Waals surface area contributed by atoms with E-state index in [4.69, 9.17) is 68.0 Å². The third-order valence-electron chi connectivity index (χ3n) is 3.82. The summed E-state index contributed by atoms with van der Waals surface area (Å²) in [4.78, 5) is 34.4. The molecule has 0 aromatic heterocycles. The second-order valence-corrected chi connectivity index (χ2v) is 8.98. The normalized spacial score (nSPS) is 34.2. The lowest BCUT2D eigenvalue weighted by Crippen LogP contribution is -2.60. The van der Waals surface area contributed by atoms with Gasteiger partial charge in [-0.1, -0.05) is 34.8 Å². The Morgan fingerprint density at radius 2 is 1.55 bits per heavy atom. The van der Waals surface area contributed by atoms with Gasteiger partial charge in [0.05, 0.1) is 6.61 Å². The highest BCUT2D eigenvalue weighted by Gasteiger charge is 2.59. The number of hydrogen-bond donors (Lipinski definition) is 0. The van der Waals surface area contributed by atoms with Gasteiger partial charge >= 0.3 is 17.9 Å². The summed E-state index contributed by atoms with van der Waals surface area (Å²) in [5.41, 5.74) is 0. The first-order valence-electron chi connectivity index (χ1n) is 8.49. The van der Waals surface area contributed by atoms with Crippen molar-refractivity contribution in [3.05, 3.63) is 0 Å². The van der Waals surface area contributed by atoms with E-state index < -0.39 is 58.4 Å². The summed E-state index contributed by atoms with van der Waals surface area (Å²) in [5, 5.41) is 0. The van der Waals surface area contributed by atoms with Gasteiger partial charge < -0.3 is 28.4 Å². The molecule has 2 saturated heterocycles. The van der Waals surface area contributed by atoms with Crippen LogP contribution in [-0.4, -0.2) is 71.6 Å². The summed E-state index contributed by atoms with van der Waals surface area (Å²) in [7, 11) is 0. The first kappa shape index (κ1) is 24.4. The number of alkyl halides is 3. The predicted octanol–water partition coefficient (Wildman–Crippen LogP) is 1.61. The first-order chi connectivity index (χ1) is 13.3. The van der Waals surface area contributed by atoms with E-state index in [-0.39, 0.29) is 13.2 Å². The molecule has 2 fully saturated rings. The van der Waals surface area contributed by atoms with Crippen LogP contribution < -0.4 is 0 Å². The summed E-state index contributed by atoms with van der Waals surface area (Å²) < 4.78 is 36.3. The molecule has 0 saturated carbocycles. The van der Waals surface area contributed by atoms with Crippen molar-refractivity contribution in [3.63, 3.8) is 0 Å².